The van der Waals surface area contributed by atoms with Gasteiger partial charge in [-0.15, -0.1) is 0 Å². The molecule has 1 saturated heterocycles. The topological polar surface area (TPSA) is 66.5 Å². The molecule has 0 unspecified atom stereocenters. The molecule has 1 aliphatic rings. The Morgan fingerprint density at radius 1 is 0.920 bits per heavy atom. The third kappa shape index (κ3) is 3.45. The number of rotatable bonds is 4. The second-order valence-electron chi connectivity index (χ2n) is 6.23. The molecule has 4 amide bonds. The van der Waals surface area contributed by atoms with Gasteiger partial charge < -0.3 is 0 Å². The molecule has 1 atom stereocenters. The van der Waals surface area contributed by atoms with Gasteiger partial charge in [0.05, 0.1) is 5.69 Å². The molecule has 2 aromatic carbocycles. The number of imide groups is 2. The summed E-state index contributed by atoms with van der Waals surface area (Å²) in [7, 11) is 0. The normalized spacial score (nSPS) is 17.6. The smallest absolute Gasteiger partial charge is 0.277 e. The summed E-state index contributed by atoms with van der Waals surface area (Å²) in [6.45, 7) is 4.01. The Hall–Kier alpha value is -2.95. The van der Waals surface area contributed by atoms with Gasteiger partial charge >= 0.3 is 6.03 Å². The Morgan fingerprint density at radius 3 is 2.12 bits per heavy atom. The van der Waals surface area contributed by atoms with Crippen LogP contribution in [0.1, 0.15) is 23.6 Å². The zero-order chi connectivity index (χ0) is 18.0. The van der Waals surface area contributed by atoms with E-state index in [0.717, 1.165) is 28.0 Å². The van der Waals surface area contributed by atoms with Crippen LogP contribution in [0, 0.1) is 12.8 Å². The summed E-state index contributed by atoms with van der Waals surface area (Å²) in [4.78, 5) is 38.2. The van der Waals surface area contributed by atoms with Gasteiger partial charge in [0.1, 0.15) is 5.92 Å². The number of amides is 4. The number of benzene rings is 2. The summed E-state index contributed by atoms with van der Waals surface area (Å²) >= 11 is 0. The van der Waals surface area contributed by atoms with Gasteiger partial charge in [-0.1, -0.05) is 48.9 Å². The van der Waals surface area contributed by atoms with Crippen LogP contribution in [0.3, 0.4) is 0 Å². The van der Waals surface area contributed by atoms with E-state index < -0.39 is 23.8 Å². The zero-order valence-electron chi connectivity index (χ0n) is 14.3. The molecule has 1 N–H and O–H groups in total. The van der Waals surface area contributed by atoms with Crippen molar-refractivity contribution in [1.82, 2.24) is 5.32 Å². The van der Waals surface area contributed by atoms with E-state index in [1.54, 1.807) is 12.1 Å². The Labute approximate surface area is 146 Å². The van der Waals surface area contributed by atoms with Crippen molar-refractivity contribution in [3.63, 3.8) is 0 Å². The van der Waals surface area contributed by atoms with Gasteiger partial charge in [0.15, 0.2) is 0 Å². The number of nitrogens with zero attached hydrogens (tertiary/aromatic N) is 1. The van der Waals surface area contributed by atoms with Gasteiger partial charge in [0.2, 0.25) is 11.8 Å². The number of hydrogen-bond donors (Lipinski definition) is 1. The maximum atomic E-state index is 12.8. The first kappa shape index (κ1) is 16.9. The van der Waals surface area contributed by atoms with Gasteiger partial charge in [0, 0.05) is 0 Å². The summed E-state index contributed by atoms with van der Waals surface area (Å²) in [6.07, 6.45) is 1.14. The summed E-state index contributed by atoms with van der Waals surface area (Å²) in [5, 5.41) is 2.30. The Balaban J connectivity index is 1.86. The average molecular weight is 336 g/mol. The van der Waals surface area contributed by atoms with Crippen molar-refractivity contribution in [2.75, 3.05) is 4.90 Å². The lowest BCUT2D eigenvalue weighted by Gasteiger charge is -2.30. The quantitative estimate of drug-likeness (QED) is 0.873. The number of carbonyl (C=O) groups excluding carboxylic acids is 3. The van der Waals surface area contributed by atoms with Crippen molar-refractivity contribution in [3.8, 4) is 0 Å². The Kier molecular flexibility index (Phi) is 4.65. The summed E-state index contributed by atoms with van der Waals surface area (Å²) in [5.41, 5.74) is 3.58. The zero-order valence-corrected chi connectivity index (χ0v) is 14.3. The van der Waals surface area contributed by atoms with Crippen LogP contribution in [0.4, 0.5) is 10.5 Å². The molecule has 1 heterocycles. The fourth-order valence-electron chi connectivity index (χ4n) is 2.88. The lowest BCUT2D eigenvalue weighted by molar-refractivity contribution is -0.134. The van der Waals surface area contributed by atoms with E-state index in [-0.39, 0.29) is 6.42 Å². The maximum absolute atomic E-state index is 12.8. The van der Waals surface area contributed by atoms with E-state index in [2.05, 4.69) is 5.32 Å². The molecule has 25 heavy (non-hydrogen) atoms. The number of carbonyl (C=O) groups is 3. The Morgan fingerprint density at radius 2 is 1.52 bits per heavy atom. The molecule has 1 aliphatic heterocycles. The molecule has 5 heteroatoms. The van der Waals surface area contributed by atoms with Crippen molar-refractivity contribution in [3.05, 3.63) is 65.2 Å². The number of urea groups is 1. The van der Waals surface area contributed by atoms with E-state index in [9.17, 15) is 14.4 Å². The minimum atomic E-state index is -0.911. The molecule has 0 saturated carbocycles. The molecule has 3 rings (SSSR count). The molecular weight excluding hydrogens is 316 g/mol. The molecule has 2 aromatic rings. The number of barbiturate groups is 1. The molecule has 128 valence electrons. The van der Waals surface area contributed by atoms with Crippen molar-refractivity contribution >= 4 is 23.5 Å². The molecule has 0 spiro atoms. The monoisotopic (exact) mass is 336 g/mol. The van der Waals surface area contributed by atoms with Crippen molar-refractivity contribution in [2.45, 2.75) is 26.7 Å². The van der Waals surface area contributed by atoms with Crippen LogP contribution in [-0.2, 0) is 22.4 Å². The predicted octanol–water partition coefficient (Wildman–Crippen LogP) is 3.00. The standard InChI is InChI=1S/C20H20N2O3/c1-3-14-8-10-16(11-9-14)22-19(24)17(18(23)21-20(22)25)12-15-6-4-13(2)5-7-15/h4-11,17H,3,12H2,1-2H3,(H,21,23,25)/t17-/m1/s1. The third-order valence-electron chi connectivity index (χ3n) is 4.43. The first-order valence-corrected chi connectivity index (χ1v) is 8.33. The average Bonchev–Trinajstić information content (AvgIpc) is 2.60. The van der Waals surface area contributed by atoms with Gasteiger partial charge in [-0.2, -0.15) is 0 Å². The summed E-state index contributed by atoms with van der Waals surface area (Å²) < 4.78 is 0. The fraction of sp³-hybridized carbons (Fsp3) is 0.250. The second kappa shape index (κ2) is 6.89. The van der Waals surface area contributed by atoms with Crippen molar-refractivity contribution < 1.29 is 14.4 Å². The van der Waals surface area contributed by atoms with Crippen LogP contribution in [-0.4, -0.2) is 17.8 Å². The van der Waals surface area contributed by atoms with Crippen LogP contribution >= 0.6 is 0 Å². The molecule has 1 fully saturated rings. The second-order valence-corrected chi connectivity index (χ2v) is 6.23. The molecule has 0 bridgehead atoms. The van der Waals surface area contributed by atoms with Crippen LogP contribution in [0.15, 0.2) is 48.5 Å². The largest absolute Gasteiger partial charge is 0.335 e. The maximum Gasteiger partial charge on any atom is 0.335 e. The Bertz CT molecular complexity index is 810. The lowest BCUT2D eigenvalue weighted by Crippen LogP contribution is -2.58. The summed E-state index contributed by atoms with van der Waals surface area (Å²) in [5.74, 6) is -1.94. The third-order valence-corrected chi connectivity index (χ3v) is 4.43. The van der Waals surface area contributed by atoms with Crippen LogP contribution in [0.2, 0.25) is 0 Å². The van der Waals surface area contributed by atoms with Gasteiger partial charge in [-0.05, 0) is 43.0 Å². The van der Waals surface area contributed by atoms with Crippen LogP contribution in [0.5, 0.6) is 0 Å². The van der Waals surface area contributed by atoms with E-state index in [4.69, 9.17) is 0 Å². The number of nitrogens with one attached hydrogen (secondary N) is 1. The molecular formula is C20H20N2O3. The van der Waals surface area contributed by atoms with Gasteiger partial charge in [-0.3, -0.25) is 14.9 Å². The lowest BCUT2D eigenvalue weighted by atomic mass is 9.94. The fourth-order valence-corrected chi connectivity index (χ4v) is 2.88. The first-order valence-electron chi connectivity index (χ1n) is 8.33. The molecule has 0 radical (unpaired) electrons. The number of hydrogen-bond acceptors (Lipinski definition) is 3. The molecule has 0 aliphatic carbocycles. The van der Waals surface area contributed by atoms with Gasteiger partial charge in [0.25, 0.3) is 0 Å². The highest BCUT2D eigenvalue weighted by Gasteiger charge is 2.41. The van der Waals surface area contributed by atoms with E-state index in [1.807, 2.05) is 50.2 Å². The highest BCUT2D eigenvalue weighted by atomic mass is 16.2. The highest BCUT2D eigenvalue weighted by molar-refractivity contribution is 6.27. The highest BCUT2D eigenvalue weighted by Crippen LogP contribution is 2.23. The van der Waals surface area contributed by atoms with E-state index >= 15 is 0 Å². The van der Waals surface area contributed by atoms with Crippen LogP contribution < -0.4 is 10.2 Å². The molecule has 5 nitrogen and oxygen atoms in total. The van der Waals surface area contributed by atoms with E-state index in [0.29, 0.717) is 5.69 Å². The first-order chi connectivity index (χ1) is 12.0. The SMILES string of the molecule is CCc1ccc(N2C(=O)NC(=O)[C@@H](Cc3ccc(C)cc3)C2=O)cc1. The van der Waals surface area contributed by atoms with Crippen LogP contribution in [0.25, 0.3) is 0 Å². The number of aryl methyl sites for hydroxylation is 2. The van der Waals surface area contributed by atoms with Crippen molar-refractivity contribution in [1.29, 1.82) is 0 Å². The van der Waals surface area contributed by atoms with Gasteiger partial charge in [-0.25, -0.2) is 9.69 Å². The predicted molar refractivity (Wildman–Crippen MR) is 95.2 cm³/mol. The van der Waals surface area contributed by atoms with Crippen molar-refractivity contribution in [2.24, 2.45) is 5.92 Å². The minimum absolute atomic E-state index is 0.266. The minimum Gasteiger partial charge on any atom is -0.277 e. The number of anilines is 1. The molecule has 0 aromatic heterocycles. The van der Waals surface area contributed by atoms with E-state index in [1.165, 1.54) is 0 Å². The summed E-state index contributed by atoms with van der Waals surface area (Å²) in [6, 6.07) is 14.2.